The molecule has 2 aromatic heterocycles. The van der Waals surface area contributed by atoms with E-state index in [2.05, 4.69) is 25.6 Å². The van der Waals surface area contributed by atoms with E-state index in [1.165, 1.54) is 10.8 Å². The van der Waals surface area contributed by atoms with Crippen LogP contribution in [-0.2, 0) is 4.74 Å². The number of anilines is 3. The number of aliphatic hydroxyl groups is 1. The second-order valence-corrected chi connectivity index (χ2v) is 8.06. The van der Waals surface area contributed by atoms with E-state index in [1.54, 1.807) is 0 Å². The average molecular weight is 449 g/mol. The van der Waals surface area contributed by atoms with Gasteiger partial charge in [-0.3, -0.25) is 4.57 Å². The quantitative estimate of drug-likeness (QED) is 0.547. The molecule has 1 aliphatic heterocycles. The van der Waals surface area contributed by atoms with E-state index in [-0.39, 0.29) is 24.7 Å². The molecule has 32 heavy (non-hydrogen) atoms. The third-order valence-electron chi connectivity index (χ3n) is 5.79. The summed E-state index contributed by atoms with van der Waals surface area (Å²) in [6, 6.07) is -0.0838. The topological polar surface area (TPSA) is 97.1 Å². The van der Waals surface area contributed by atoms with Gasteiger partial charge in [0.05, 0.1) is 26.3 Å². The minimum Gasteiger partial charge on any atom is -0.393 e. The number of aromatic nitrogens is 4. The van der Waals surface area contributed by atoms with Crippen molar-refractivity contribution in [3.05, 3.63) is 35.8 Å². The summed E-state index contributed by atoms with van der Waals surface area (Å²) < 4.78 is 57.7. The third kappa shape index (κ3) is 4.09. The summed E-state index contributed by atoms with van der Waals surface area (Å²) in [6.07, 6.45) is 4.42. The van der Waals surface area contributed by atoms with Gasteiger partial charge in [-0.25, -0.2) is 23.1 Å². The molecule has 1 saturated carbocycles. The van der Waals surface area contributed by atoms with E-state index in [9.17, 15) is 18.3 Å². The Bertz CT molecular complexity index is 1160. The summed E-state index contributed by atoms with van der Waals surface area (Å²) in [5.74, 6) is -2.98. The van der Waals surface area contributed by atoms with Crippen LogP contribution in [-0.4, -0.2) is 50.0 Å². The molecule has 1 aliphatic carbocycles. The summed E-state index contributed by atoms with van der Waals surface area (Å²) in [6.45, 7) is 0.372. The molecule has 3 aromatic rings. The van der Waals surface area contributed by atoms with Crippen molar-refractivity contribution in [2.75, 3.05) is 23.8 Å². The van der Waals surface area contributed by atoms with Gasteiger partial charge in [-0.1, -0.05) is 0 Å². The van der Waals surface area contributed by atoms with Crippen molar-refractivity contribution in [2.24, 2.45) is 0 Å². The molecule has 0 amide bonds. The summed E-state index contributed by atoms with van der Waals surface area (Å²) in [7, 11) is 0. The average Bonchev–Trinajstić information content (AvgIpc) is 3.36. The number of rotatable bonds is 5. The van der Waals surface area contributed by atoms with Crippen LogP contribution in [0.25, 0.3) is 11.2 Å². The summed E-state index contributed by atoms with van der Waals surface area (Å²) in [4.78, 5) is 13.2. The minimum absolute atomic E-state index is 0.0258. The Morgan fingerprint density at radius 1 is 1.09 bits per heavy atom. The van der Waals surface area contributed by atoms with Crippen molar-refractivity contribution < 1.29 is 24.4 Å². The molecule has 0 bridgehead atoms. The van der Waals surface area contributed by atoms with Crippen molar-refractivity contribution in [2.45, 2.75) is 50.3 Å². The molecule has 8 nitrogen and oxygen atoms in total. The fourth-order valence-corrected chi connectivity index (χ4v) is 4.13. The van der Waals surface area contributed by atoms with Gasteiger partial charge in [-0.2, -0.15) is 4.98 Å². The zero-order valence-corrected chi connectivity index (χ0v) is 17.1. The van der Waals surface area contributed by atoms with Crippen LogP contribution in [0, 0.1) is 17.5 Å². The number of halogens is 3. The Morgan fingerprint density at radius 3 is 2.53 bits per heavy atom. The Kier molecular flexibility index (Phi) is 5.27. The van der Waals surface area contributed by atoms with E-state index >= 15 is 0 Å². The van der Waals surface area contributed by atoms with Gasteiger partial charge in [-0.05, 0) is 32.1 Å². The standard InChI is InChI=1S/C21H23F3N6O2/c22-11-7-15(23)18(16(24)8-11)28-21-27-17-9-25-20(26-12-1-3-14(31)4-2-12)29-19(17)30(21)13-5-6-32-10-13/h7-9,12-14,31H,1-6,10H2,(H,27,28)(H,25,26,29)/i13D. The molecule has 1 saturated heterocycles. The van der Waals surface area contributed by atoms with Gasteiger partial charge >= 0.3 is 0 Å². The fourth-order valence-electron chi connectivity index (χ4n) is 4.13. The van der Waals surface area contributed by atoms with Crippen LogP contribution in [0.15, 0.2) is 18.3 Å². The lowest BCUT2D eigenvalue weighted by atomic mass is 9.93. The monoisotopic (exact) mass is 449 g/mol. The maximum absolute atomic E-state index is 14.3. The van der Waals surface area contributed by atoms with Gasteiger partial charge in [0.15, 0.2) is 17.3 Å². The molecular weight excluding hydrogens is 425 g/mol. The fraction of sp³-hybridized carbons (Fsp3) is 0.476. The molecule has 5 rings (SSSR count). The molecule has 3 N–H and O–H groups in total. The van der Waals surface area contributed by atoms with E-state index in [0.717, 1.165) is 12.8 Å². The second kappa shape index (κ2) is 8.55. The van der Waals surface area contributed by atoms with E-state index in [1.807, 2.05) is 0 Å². The Hall–Kier alpha value is -2.92. The van der Waals surface area contributed by atoms with Crippen molar-refractivity contribution in [3.8, 4) is 0 Å². The van der Waals surface area contributed by atoms with E-state index in [0.29, 0.717) is 55.1 Å². The Morgan fingerprint density at radius 2 is 1.84 bits per heavy atom. The molecule has 1 unspecified atom stereocenters. The maximum Gasteiger partial charge on any atom is 0.224 e. The Labute approximate surface area is 183 Å². The van der Waals surface area contributed by atoms with Crippen molar-refractivity contribution in [3.63, 3.8) is 0 Å². The number of hydrogen-bond donors (Lipinski definition) is 3. The van der Waals surface area contributed by atoms with Crippen molar-refractivity contribution >= 4 is 28.7 Å². The summed E-state index contributed by atoms with van der Waals surface area (Å²) in [5.41, 5.74) is 0.0420. The first-order valence-corrected chi connectivity index (χ1v) is 10.5. The third-order valence-corrected chi connectivity index (χ3v) is 5.79. The van der Waals surface area contributed by atoms with Crippen LogP contribution in [0.1, 0.15) is 39.5 Å². The smallest absolute Gasteiger partial charge is 0.224 e. The zero-order chi connectivity index (χ0) is 23.2. The van der Waals surface area contributed by atoms with Gasteiger partial charge < -0.3 is 20.5 Å². The predicted octanol–water partition coefficient (Wildman–Crippen LogP) is 3.66. The number of nitrogens with one attached hydrogen (secondary N) is 2. The number of hydrogen-bond acceptors (Lipinski definition) is 7. The van der Waals surface area contributed by atoms with Gasteiger partial charge in [0, 0.05) is 24.8 Å². The highest BCUT2D eigenvalue weighted by atomic mass is 19.1. The second-order valence-electron chi connectivity index (χ2n) is 8.06. The van der Waals surface area contributed by atoms with Crippen molar-refractivity contribution in [1.29, 1.82) is 0 Å². The van der Waals surface area contributed by atoms with Crippen LogP contribution in [0.4, 0.5) is 30.8 Å². The number of nitrogens with zero attached hydrogens (tertiary/aromatic N) is 4. The molecule has 170 valence electrons. The lowest BCUT2D eigenvalue weighted by Gasteiger charge is -2.26. The number of benzene rings is 1. The highest BCUT2D eigenvalue weighted by Crippen LogP contribution is 2.32. The molecule has 3 heterocycles. The molecule has 0 spiro atoms. The van der Waals surface area contributed by atoms with Crippen LogP contribution in [0.5, 0.6) is 0 Å². The number of fused-ring (bicyclic) bond motifs is 1. The lowest BCUT2D eigenvalue weighted by Crippen LogP contribution is -2.29. The molecule has 1 aromatic carbocycles. The van der Waals surface area contributed by atoms with Gasteiger partial charge in [0.1, 0.15) is 17.0 Å². The Balaban J connectivity index is 1.55. The molecule has 2 aliphatic rings. The lowest BCUT2D eigenvalue weighted by molar-refractivity contribution is 0.126. The minimum atomic E-state index is -1.31. The first-order chi connectivity index (χ1) is 15.8. The zero-order valence-electron chi connectivity index (χ0n) is 18.1. The summed E-state index contributed by atoms with van der Waals surface area (Å²) in [5, 5.41) is 15.5. The van der Waals surface area contributed by atoms with Crippen LogP contribution >= 0.6 is 0 Å². The van der Waals surface area contributed by atoms with E-state index < -0.39 is 29.2 Å². The van der Waals surface area contributed by atoms with Gasteiger partial charge in [-0.15, -0.1) is 0 Å². The van der Waals surface area contributed by atoms with Crippen LogP contribution in [0.3, 0.4) is 0 Å². The van der Waals surface area contributed by atoms with Gasteiger partial charge in [0.2, 0.25) is 11.9 Å². The van der Waals surface area contributed by atoms with Gasteiger partial charge in [0.25, 0.3) is 0 Å². The van der Waals surface area contributed by atoms with Crippen LogP contribution in [0.2, 0.25) is 0 Å². The number of aliphatic hydroxyl groups excluding tert-OH is 1. The SMILES string of the molecule is [2H]C1(n2c(Nc3c(F)cc(F)cc3F)nc3cnc(NC4CCC(O)CC4)nc32)CCOC1. The molecular formula is C21H23F3N6O2. The molecule has 1 atom stereocenters. The number of ether oxygens (including phenoxy) is 1. The predicted molar refractivity (Wildman–Crippen MR) is 111 cm³/mol. The first kappa shape index (κ1) is 19.7. The first-order valence-electron chi connectivity index (χ1n) is 11.0. The van der Waals surface area contributed by atoms with Crippen molar-refractivity contribution in [1.82, 2.24) is 19.5 Å². The molecule has 0 radical (unpaired) electrons. The molecule has 11 heteroatoms. The largest absolute Gasteiger partial charge is 0.393 e. The molecule has 2 fully saturated rings. The highest BCUT2D eigenvalue weighted by molar-refractivity contribution is 5.76. The highest BCUT2D eigenvalue weighted by Gasteiger charge is 2.27. The van der Waals surface area contributed by atoms with E-state index in [4.69, 9.17) is 6.11 Å². The van der Waals surface area contributed by atoms with Crippen LogP contribution < -0.4 is 10.6 Å². The summed E-state index contributed by atoms with van der Waals surface area (Å²) >= 11 is 0. The number of imidazole rings is 1. The normalized spacial score (nSPS) is 26.3. The maximum atomic E-state index is 14.3.